The van der Waals surface area contributed by atoms with Crippen molar-refractivity contribution in [1.29, 1.82) is 0 Å². The summed E-state index contributed by atoms with van der Waals surface area (Å²) in [5, 5.41) is 10.7. The van der Waals surface area contributed by atoms with Gasteiger partial charge in [-0.25, -0.2) is 4.98 Å². The van der Waals surface area contributed by atoms with E-state index in [1.54, 1.807) is 38.2 Å². The Labute approximate surface area is 137 Å². The molecule has 1 heterocycles. The maximum absolute atomic E-state index is 12.6. The molecule has 5 heteroatoms. The van der Waals surface area contributed by atoms with E-state index in [1.807, 2.05) is 18.2 Å². The van der Waals surface area contributed by atoms with Gasteiger partial charge in [0.2, 0.25) is 5.88 Å². The molecule has 0 amide bonds. The third-order valence-electron chi connectivity index (χ3n) is 4.06. The Morgan fingerprint density at radius 3 is 2.73 bits per heavy atom. The van der Waals surface area contributed by atoms with Crippen molar-refractivity contribution in [1.82, 2.24) is 4.98 Å². The van der Waals surface area contributed by atoms with E-state index < -0.39 is 17.6 Å². The van der Waals surface area contributed by atoms with E-state index in [4.69, 9.17) is 4.74 Å². The highest BCUT2D eigenvalue weighted by molar-refractivity contribution is 9.10. The average molecular weight is 362 g/mol. The van der Waals surface area contributed by atoms with Crippen LogP contribution in [0.2, 0.25) is 0 Å². The summed E-state index contributed by atoms with van der Waals surface area (Å²) in [6.07, 6.45) is 0.0294. The van der Waals surface area contributed by atoms with Gasteiger partial charge in [0.05, 0.1) is 5.41 Å². The van der Waals surface area contributed by atoms with Crippen LogP contribution in [0.1, 0.15) is 35.9 Å². The molecule has 0 bridgehead atoms. The fourth-order valence-electron chi connectivity index (χ4n) is 2.68. The first-order valence-electron chi connectivity index (χ1n) is 7.01. The van der Waals surface area contributed by atoms with Crippen molar-refractivity contribution in [3.05, 3.63) is 58.2 Å². The molecule has 2 atom stereocenters. The molecule has 0 radical (unpaired) electrons. The van der Waals surface area contributed by atoms with Crippen LogP contribution in [-0.2, 0) is 0 Å². The Kier molecular flexibility index (Phi) is 3.78. The topological polar surface area (TPSA) is 59.4 Å². The molecule has 114 valence electrons. The van der Waals surface area contributed by atoms with Crippen LogP contribution in [0.4, 0.5) is 0 Å². The summed E-state index contributed by atoms with van der Waals surface area (Å²) in [5.74, 6) is 0.339. The first-order chi connectivity index (χ1) is 10.4. The summed E-state index contributed by atoms with van der Waals surface area (Å²) >= 11 is 3.41. The summed E-state index contributed by atoms with van der Waals surface area (Å²) in [6, 6.07) is 10.7. The normalized spacial score (nSPS) is 23.0. The molecule has 3 rings (SSSR count). The van der Waals surface area contributed by atoms with Gasteiger partial charge in [-0.2, -0.15) is 0 Å². The summed E-state index contributed by atoms with van der Waals surface area (Å²) in [7, 11) is 0. The molecule has 0 saturated heterocycles. The number of ether oxygens (including phenoxy) is 1. The third-order valence-corrected chi connectivity index (χ3v) is 4.55. The van der Waals surface area contributed by atoms with Crippen LogP contribution < -0.4 is 4.74 Å². The van der Waals surface area contributed by atoms with Crippen molar-refractivity contribution < 1.29 is 14.6 Å². The van der Waals surface area contributed by atoms with E-state index in [0.29, 0.717) is 17.0 Å². The van der Waals surface area contributed by atoms with Crippen LogP contribution >= 0.6 is 15.9 Å². The molecule has 0 spiro atoms. The number of ketones is 1. The van der Waals surface area contributed by atoms with Gasteiger partial charge in [-0.3, -0.25) is 4.79 Å². The fourth-order valence-corrected chi connectivity index (χ4v) is 3.06. The monoisotopic (exact) mass is 361 g/mol. The predicted molar refractivity (Wildman–Crippen MR) is 85.9 cm³/mol. The highest BCUT2D eigenvalue weighted by atomic mass is 79.9. The SMILES string of the molecule is CC1(C)C(=O)c2ccc(Br)cc2[C@H](Oc2ccccn2)[C@H]1O. The number of aromatic nitrogens is 1. The van der Waals surface area contributed by atoms with Crippen LogP contribution in [0.5, 0.6) is 5.88 Å². The Balaban J connectivity index is 2.10. The number of hydrogen-bond acceptors (Lipinski definition) is 4. The number of benzene rings is 1. The van der Waals surface area contributed by atoms with Crippen molar-refractivity contribution in [2.24, 2.45) is 5.41 Å². The molecule has 1 aliphatic rings. The third kappa shape index (κ3) is 2.44. The lowest BCUT2D eigenvalue weighted by Gasteiger charge is -2.40. The van der Waals surface area contributed by atoms with Gasteiger partial charge in [-0.15, -0.1) is 0 Å². The van der Waals surface area contributed by atoms with E-state index in [-0.39, 0.29) is 5.78 Å². The van der Waals surface area contributed by atoms with E-state index in [9.17, 15) is 9.90 Å². The lowest BCUT2D eigenvalue weighted by molar-refractivity contribution is -0.0379. The second-order valence-corrected chi connectivity index (χ2v) is 6.85. The second-order valence-electron chi connectivity index (χ2n) is 5.93. The molecule has 4 nitrogen and oxygen atoms in total. The number of aliphatic hydroxyl groups is 1. The van der Waals surface area contributed by atoms with Gasteiger partial charge >= 0.3 is 0 Å². The molecule has 0 aliphatic heterocycles. The standard InChI is InChI=1S/C17H16BrNO3/c1-17(2)15(20)11-7-6-10(18)9-12(11)14(16(17)21)22-13-5-3-4-8-19-13/h3-9,14,16,21H,1-2H3/t14-,16+/m0/s1. The van der Waals surface area contributed by atoms with Gasteiger partial charge < -0.3 is 9.84 Å². The predicted octanol–water partition coefficient (Wildman–Crippen LogP) is 3.55. The number of pyridine rings is 1. The molecule has 2 aromatic rings. The number of carbonyl (C=O) groups excluding carboxylic acids is 1. The molecule has 22 heavy (non-hydrogen) atoms. The van der Waals surface area contributed by atoms with E-state index >= 15 is 0 Å². The van der Waals surface area contributed by atoms with Gasteiger partial charge in [0.1, 0.15) is 6.10 Å². The number of carbonyl (C=O) groups is 1. The van der Waals surface area contributed by atoms with Gasteiger partial charge in [-0.05, 0) is 38.1 Å². The molecule has 0 fully saturated rings. The van der Waals surface area contributed by atoms with Crippen LogP contribution in [0, 0.1) is 5.41 Å². The zero-order valence-corrected chi connectivity index (χ0v) is 13.9. The molecule has 0 unspecified atom stereocenters. The molecular formula is C17H16BrNO3. The highest BCUT2D eigenvalue weighted by Gasteiger charge is 2.48. The average Bonchev–Trinajstić information content (AvgIpc) is 2.51. The Morgan fingerprint density at radius 2 is 2.05 bits per heavy atom. The first kappa shape index (κ1) is 15.2. The molecule has 1 aromatic carbocycles. The Bertz CT molecular complexity index is 715. The summed E-state index contributed by atoms with van der Waals surface area (Å²) in [4.78, 5) is 16.8. The molecule has 1 aliphatic carbocycles. The summed E-state index contributed by atoms with van der Waals surface area (Å²) in [5.41, 5.74) is 0.344. The molecule has 1 aromatic heterocycles. The quantitative estimate of drug-likeness (QED) is 0.888. The Hall–Kier alpha value is -1.72. The largest absolute Gasteiger partial charge is 0.467 e. The van der Waals surface area contributed by atoms with E-state index in [0.717, 1.165) is 4.47 Å². The lowest BCUT2D eigenvalue weighted by Crippen LogP contribution is -2.47. The number of aliphatic hydroxyl groups excluding tert-OH is 1. The van der Waals surface area contributed by atoms with Crippen molar-refractivity contribution >= 4 is 21.7 Å². The van der Waals surface area contributed by atoms with Crippen molar-refractivity contribution in [2.75, 3.05) is 0 Å². The zero-order valence-electron chi connectivity index (χ0n) is 12.3. The van der Waals surface area contributed by atoms with E-state index in [2.05, 4.69) is 20.9 Å². The van der Waals surface area contributed by atoms with Gasteiger partial charge in [0.15, 0.2) is 11.9 Å². The smallest absolute Gasteiger partial charge is 0.213 e. The first-order valence-corrected chi connectivity index (χ1v) is 7.80. The fraction of sp³-hybridized carbons (Fsp3) is 0.294. The van der Waals surface area contributed by atoms with Gasteiger partial charge in [0, 0.05) is 27.9 Å². The summed E-state index contributed by atoms with van der Waals surface area (Å²) in [6.45, 7) is 3.47. The van der Waals surface area contributed by atoms with Crippen LogP contribution in [0.3, 0.4) is 0 Å². The van der Waals surface area contributed by atoms with Crippen molar-refractivity contribution in [3.8, 4) is 5.88 Å². The lowest BCUT2D eigenvalue weighted by atomic mass is 9.69. The number of halogens is 1. The molecular weight excluding hydrogens is 346 g/mol. The maximum Gasteiger partial charge on any atom is 0.213 e. The summed E-state index contributed by atoms with van der Waals surface area (Å²) < 4.78 is 6.73. The van der Waals surface area contributed by atoms with E-state index in [1.165, 1.54) is 0 Å². The van der Waals surface area contributed by atoms with Gasteiger partial charge in [-0.1, -0.05) is 22.0 Å². The minimum Gasteiger partial charge on any atom is -0.467 e. The Morgan fingerprint density at radius 1 is 1.27 bits per heavy atom. The number of hydrogen-bond donors (Lipinski definition) is 1. The second kappa shape index (κ2) is 5.48. The molecule has 1 N–H and O–H groups in total. The molecule has 0 saturated carbocycles. The number of nitrogens with zero attached hydrogens (tertiary/aromatic N) is 1. The number of Topliss-reactive ketones (excluding diaryl/α,β-unsaturated/α-hetero) is 1. The van der Waals surface area contributed by atoms with Crippen molar-refractivity contribution in [3.63, 3.8) is 0 Å². The van der Waals surface area contributed by atoms with Crippen LogP contribution in [-0.4, -0.2) is 22.0 Å². The van der Waals surface area contributed by atoms with Gasteiger partial charge in [0.25, 0.3) is 0 Å². The number of fused-ring (bicyclic) bond motifs is 1. The zero-order chi connectivity index (χ0) is 15.9. The maximum atomic E-state index is 12.6. The van der Waals surface area contributed by atoms with Crippen molar-refractivity contribution in [2.45, 2.75) is 26.1 Å². The van der Waals surface area contributed by atoms with Crippen LogP contribution in [0.15, 0.2) is 47.1 Å². The minimum absolute atomic E-state index is 0.0802. The highest BCUT2D eigenvalue weighted by Crippen LogP contribution is 2.43. The van der Waals surface area contributed by atoms with Crippen LogP contribution in [0.25, 0.3) is 0 Å². The number of rotatable bonds is 2. The minimum atomic E-state index is -0.955.